The molecule has 6 nitrogen and oxygen atoms in total. The second kappa shape index (κ2) is 7.74. The largest absolute Gasteiger partial charge is 0.381 e. The summed E-state index contributed by atoms with van der Waals surface area (Å²) in [7, 11) is 0. The van der Waals surface area contributed by atoms with Crippen molar-refractivity contribution in [1.82, 2.24) is 14.9 Å². The van der Waals surface area contributed by atoms with Crippen molar-refractivity contribution in [2.45, 2.75) is 38.5 Å². The van der Waals surface area contributed by atoms with Crippen LogP contribution in [-0.2, 0) is 4.74 Å². The first kappa shape index (κ1) is 17.5. The number of anilines is 1. The van der Waals surface area contributed by atoms with Crippen LogP contribution < -0.4 is 5.32 Å². The highest BCUT2D eigenvalue weighted by Gasteiger charge is 2.41. The van der Waals surface area contributed by atoms with Crippen LogP contribution in [0.5, 0.6) is 0 Å². The number of allylic oxidation sites excluding steroid dienone is 2. The maximum atomic E-state index is 13.1. The van der Waals surface area contributed by atoms with Crippen molar-refractivity contribution >= 4 is 11.7 Å². The number of amides is 1. The van der Waals surface area contributed by atoms with Gasteiger partial charge in [0.15, 0.2) is 0 Å². The molecule has 1 aliphatic carbocycles. The summed E-state index contributed by atoms with van der Waals surface area (Å²) in [6, 6.07) is 0. The SMILES string of the molecule is O=C(c1cncnc1NCCC1CC=CC1)N1CCC2(CCOCC2)C1. The molecule has 3 aliphatic rings. The Labute approximate surface area is 155 Å². The Hall–Kier alpha value is -1.95. The Kier molecular flexibility index (Phi) is 5.20. The summed E-state index contributed by atoms with van der Waals surface area (Å²) in [5.41, 5.74) is 0.855. The third kappa shape index (κ3) is 3.75. The topological polar surface area (TPSA) is 67.4 Å². The number of ether oxygens (including phenoxy) is 1. The summed E-state index contributed by atoms with van der Waals surface area (Å²) >= 11 is 0. The number of rotatable bonds is 5. The number of hydrogen-bond donors (Lipinski definition) is 1. The van der Waals surface area contributed by atoms with E-state index in [9.17, 15) is 4.79 Å². The molecule has 0 unspecified atom stereocenters. The van der Waals surface area contributed by atoms with E-state index in [1.807, 2.05) is 4.90 Å². The van der Waals surface area contributed by atoms with Crippen LogP contribution in [0.4, 0.5) is 5.82 Å². The first-order valence-corrected chi connectivity index (χ1v) is 9.82. The number of likely N-dealkylation sites (tertiary alicyclic amines) is 1. The van der Waals surface area contributed by atoms with Crippen molar-refractivity contribution in [2.75, 3.05) is 38.2 Å². The highest BCUT2D eigenvalue weighted by molar-refractivity contribution is 5.98. The average molecular weight is 356 g/mol. The second-order valence-corrected chi connectivity index (χ2v) is 7.90. The lowest BCUT2D eigenvalue weighted by molar-refractivity contribution is 0.0191. The predicted molar refractivity (Wildman–Crippen MR) is 100 cm³/mol. The lowest BCUT2D eigenvalue weighted by Crippen LogP contribution is -2.36. The molecular weight excluding hydrogens is 328 g/mol. The van der Waals surface area contributed by atoms with Gasteiger partial charge in [-0.25, -0.2) is 9.97 Å². The molecule has 0 aromatic carbocycles. The Morgan fingerprint density at radius 2 is 2.08 bits per heavy atom. The Morgan fingerprint density at radius 3 is 2.88 bits per heavy atom. The molecular formula is C20H28N4O2. The smallest absolute Gasteiger partial charge is 0.259 e. The first-order valence-electron chi connectivity index (χ1n) is 9.82. The van der Waals surface area contributed by atoms with E-state index in [4.69, 9.17) is 4.74 Å². The molecule has 2 aliphatic heterocycles. The Morgan fingerprint density at radius 1 is 1.27 bits per heavy atom. The summed E-state index contributed by atoms with van der Waals surface area (Å²) in [5, 5.41) is 3.37. The van der Waals surface area contributed by atoms with Gasteiger partial charge in [0.25, 0.3) is 5.91 Å². The number of nitrogens with zero attached hydrogens (tertiary/aromatic N) is 3. The van der Waals surface area contributed by atoms with Crippen molar-refractivity contribution in [3.8, 4) is 0 Å². The molecule has 1 aromatic heterocycles. The average Bonchev–Trinajstić information content (AvgIpc) is 3.33. The molecule has 2 fully saturated rings. The Balaban J connectivity index is 1.38. The fraction of sp³-hybridized carbons (Fsp3) is 0.650. The van der Waals surface area contributed by atoms with Crippen molar-refractivity contribution < 1.29 is 9.53 Å². The number of carbonyl (C=O) groups is 1. The van der Waals surface area contributed by atoms with E-state index in [1.54, 1.807) is 6.20 Å². The number of nitrogens with one attached hydrogen (secondary N) is 1. The standard InChI is InChI=1S/C20H28N4O2/c25-19(24-10-6-20(14-24)7-11-26-12-8-20)17-13-21-15-23-18(17)22-9-5-16-3-1-2-4-16/h1-2,13,15-16H,3-12,14H2,(H,21,22,23). The summed E-state index contributed by atoms with van der Waals surface area (Å²) in [6.07, 6.45) is 14.3. The normalized spacial score (nSPS) is 22.2. The van der Waals surface area contributed by atoms with Crippen LogP contribution in [0, 0.1) is 11.3 Å². The van der Waals surface area contributed by atoms with Gasteiger partial charge in [-0.2, -0.15) is 0 Å². The van der Waals surface area contributed by atoms with Gasteiger partial charge in [-0.05, 0) is 49.9 Å². The molecule has 0 bridgehead atoms. The lowest BCUT2D eigenvalue weighted by atomic mass is 9.80. The van der Waals surface area contributed by atoms with E-state index in [2.05, 4.69) is 27.4 Å². The molecule has 1 amide bonds. The maximum Gasteiger partial charge on any atom is 0.259 e. The molecule has 1 spiro atoms. The fourth-order valence-electron chi connectivity index (χ4n) is 4.42. The van der Waals surface area contributed by atoms with E-state index in [0.29, 0.717) is 11.4 Å². The van der Waals surface area contributed by atoms with Gasteiger partial charge >= 0.3 is 0 Å². The van der Waals surface area contributed by atoms with Crippen LogP contribution in [0.1, 0.15) is 48.9 Å². The molecule has 6 heteroatoms. The highest BCUT2D eigenvalue weighted by atomic mass is 16.5. The molecule has 2 saturated heterocycles. The minimum atomic E-state index is 0.0546. The van der Waals surface area contributed by atoms with Gasteiger partial charge < -0.3 is 15.0 Å². The van der Waals surface area contributed by atoms with Gasteiger partial charge in [-0.1, -0.05) is 12.2 Å². The summed E-state index contributed by atoms with van der Waals surface area (Å²) in [5.74, 6) is 1.44. The molecule has 26 heavy (non-hydrogen) atoms. The van der Waals surface area contributed by atoms with E-state index < -0.39 is 0 Å². The van der Waals surface area contributed by atoms with Crippen LogP contribution in [0.25, 0.3) is 0 Å². The fourth-order valence-corrected chi connectivity index (χ4v) is 4.42. The monoisotopic (exact) mass is 356 g/mol. The molecule has 3 heterocycles. The minimum absolute atomic E-state index is 0.0546. The van der Waals surface area contributed by atoms with E-state index in [1.165, 1.54) is 6.33 Å². The molecule has 0 radical (unpaired) electrons. The van der Waals surface area contributed by atoms with E-state index >= 15 is 0 Å². The van der Waals surface area contributed by atoms with Crippen molar-refractivity contribution in [1.29, 1.82) is 0 Å². The van der Waals surface area contributed by atoms with Crippen LogP contribution in [-0.4, -0.2) is 53.6 Å². The second-order valence-electron chi connectivity index (χ2n) is 7.90. The molecule has 0 atom stereocenters. The zero-order valence-electron chi connectivity index (χ0n) is 15.3. The molecule has 4 rings (SSSR count). The molecule has 1 N–H and O–H groups in total. The zero-order valence-corrected chi connectivity index (χ0v) is 15.3. The van der Waals surface area contributed by atoms with Gasteiger partial charge in [-0.3, -0.25) is 4.79 Å². The van der Waals surface area contributed by atoms with E-state index in [0.717, 1.165) is 77.3 Å². The maximum absolute atomic E-state index is 13.1. The quantitative estimate of drug-likeness (QED) is 0.822. The lowest BCUT2D eigenvalue weighted by Gasteiger charge is -2.33. The van der Waals surface area contributed by atoms with Gasteiger partial charge in [0.05, 0.1) is 0 Å². The van der Waals surface area contributed by atoms with E-state index in [-0.39, 0.29) is 11.3 Å². The molecule has 0 saturated carbocycles. The number of carbonyl (C=O) groups excluding carboxylic acids is 1. The zero-order chi connectivity index (χ0) is 17.8. The van der Waals surface area contributed by atoms with Crippen molar-refractivity contribution in [3.63, 3.8) is 0 Å². The van der Waals surface area contributed by atoms with Crippen molar-refractivity contribution in [3.05, 3.63) is 30.2 Å². The summed E-state index contributed by atoms with van der Waals surface area (Å²) < 4.78 is 5.50. The molecule has 140 valence electrons. The summed E-state index contributed by atoms with van der Waals surface area (Å²) in [6.45, 7) is 4.13. The molecule has 1 aromatic rings. The van der Waals surface area contributed by atoms with Gasteiger partial charge in [0, 0.05) is 39.0 Å². The highest BCUT2D eigenvalue weighted by Crippen LogP contribution is 2.40. The van der Waals surface area contributed by atoms with Crippen LogP contribution >= 0.6 is 0 Å². The Bertz CT molecular complexity index is 662. The van der Waals surface area contributed by atoms with Crippen LogP contribution in [0.2, 0.25) is 0 Å². The third-order valence-electron chi connectivity index (χ3n) is 6.17. The van der Waals surface area contributed by atoms with Gasteiger partial charge in [-0.15, -0.1) is 0 Å². The van der Waals surface area contributed by atoms with Crippen LogP contribution in [0.15, 0.2) is 24.7 Å². The van der Waals surface area contributed by atoms with Crippen molar-refractivity contribution in [2.24, 2.45) is 11.3 Å². The predicted octanol–water partition coefficient (Wildman–Crippen LogP) is 2.89. The van der Waals surface area contributed by atoms with Crippen LogP contribution in [0.3, 0.4) is 0 Å². The third-order valence-corrected chi connectivity index (χ3v) is 6.17. The van der Waals surface area contributed by atoms with Gasteiger partial charge in [0.1, 0.15) is 17.7 Å². The number of hydrogen-bond acceptors (Lipinski definition) is 5. The minimum Gasteiger partial charge on any atom is -0.381 e. The number of aromatic nitrogens is 2. The first-order chi connectivity index (χ1) is 12.8. The summed E-state index contributed by atoms with van der Waals surface area (Å²) in [4.78, 5) is 23.5. The van der Waals surface area contributed by atoms with Gasteiger partial charge in [0.2, 0.25) is 0 Å².